The van der Waals surface area contributed by atoms with Crippen LogP contribution < -0.4 is 15.1 Å². The van der Waals surface area contributed by atoms with Crippen LogP contribution in [-0.2, 0) is 0 Å². The van der Waals surface area contributed by atoms with Gasteiger partial charge in [-0.05, 0) is 80.9 Å². The molecule has 6 heteroatoms. The van der Waals surface area contributed by atoms with Gasteiger partial charge in [0.15, 0.2) is 0 Å². The highest BCUT2D eigenvalue weighted by atomic mass is 16.5. The lowest BCUT2D eigenvalue weighted by Crippen LogP contribution is -2.21. The third-order valence-corrected chi connectivity index (χ3v) is 6.39. The van der Waals surface area contributed by atoms with Crippen LogP contribution in [0.3, 0.4) is 0 Å². The molecule has 1 amide bonds. The zero-order chi connectivity index (χ0) is 24.9. The molecule has 4 aromatic rings. The predicted molar refractivity (Wildman–Crippen MR) is 144 cm³/mol. The Balaban J connectivity index is 1.53. The van der Waals surface area contributed by atoms with Crippen LogP contribution in [0.4, 0.5) is 5.69 Å². The van der Waals surface area contributed by atoms with E-state index >= 15 is 0 Å². The number of aromatic nitrogens is 1. The number of hydrazone groups is 1. The van der Waals surface area contributed by atoms with Gasteiger partial charge in [0.2, 0.25) is 0 Å². The third-order valence-electron chi connectivity index (χ3n) is 6.39. The number of benzene rings is 3. The highest BCUT2D eigenvalue weighted by Crippen LogP contribution is 2.26. The molecule has 1 heterocycles. The van der Waals surface area contributed by atoms with Crippen LogP contribution in [-0.4, -0.2) is 36.9 Å². The number of ether oxygens (including phenoxy) is 1. The second-order valence-electron chi connectivity index (χ2n) is 8.45. The molecule has 0 bridgehead atoms. The van der Waals surface area contributed by atoms with Crippen molar-refractivity contribution in [3.05, 3.63) is 89.2 Å². The molecule has 4 rings (SSSR count). The minimum Gasteiger partial charge on any atom is -0.496 e. The van der Waals surface area contributed by atoms with E-state index in [0.29, 0.717) is 11.3 Å². The molecular formula is C29H32N4O2. The molecule has 35 heavy (non-hydrogen) atoms. The number of hydrogen-bond acceptors (Lipinski definition) is 4. The Labute approximate surface area is 206 Å². The highest BCUT2D eigenvalue weighted by molar-refractivity contribution is 6.02. The number of nitrogens with one attached hydrogen (secondary N) is 1. The van der Waals surface area contributed by atoms with E-state index in [-0.39, 0.29) is 5.91 Å². The number of aryl methyl sites for hydroxylation is 1. The monoisotopic (exact) mass is 468 g/mol. The van der Waals surface area contributed by atoms with Gasteiger partial charge in [0, 0.05) is 41.4 Å². The number of nitrogens with zero attached hydrogens (tertiary/aromatic N) is 3. The number of fused-ring (bicyclic) bond motifs is 1. The number of rotatable bonds is 8. The van der Waals surface area contributed by atoms with E-state index < -0.39 is 0 Å². The molecule has 0 atom stereocenters. The fourth-order valence-electron chi connectivity index (χ4n) is 4.50. The molecule has 0 aliphatic carbocycles. The Kier molecular flexibility index (Phi) is 7.20. The molecule has 0 saturated heterocycles. The lowest BCUT2D eigenvalue weighted by atomic mass is 10.1. The predicted octanol–water partition coefficient (Wildman–Crippen LogP) is 5.87. The van der Waals surface area contributed by atoms with E-state index in [4.69, 9.17) is 4.74 Å². The molecular weight excluding hydrogens is 436 g/mol. The van der Waals surface area contributed by atoms with Crippen molar-refractivity contribution in [1.82, 2.24) is 9.99 Å². The fourth-order valence-corrected chi connectivity index (χ4v) is 4.50. The van der Waals surface area contributed by atoms with E-state index in [2.05, 4.69) is 78.0 Å². The average Bonchev–Trinajstić information content (AvgIpc) is 3.16. The fraction of sp³-hybridized carbons (Fsp3) is 0.241. The zero-order valence-electron chi connectivity index (χ0n) is 21.0. The van der Waals surface area contributed by atoms with Crippen LogP contribution in [0.5, 0.6) is 5.75 Å². The number of anilines is 1. The summed E-state index contributed by atoms with van der Waals surface area (Å²) >= 11 is 0. The zero-order valence-corrected chi connectivity index (χ0v) is 21.0. The van der Waals surface area contributed by atoms with Crippen molar-refractivity contribution >= 4 is 28.6 Å². The Morgan fingerprint density at radius 2 is 1.66 bits per heavy atom. The summed E-state index contributed by atoms with van der Waals surface area (Å²) in [6.45, 7) is 10.4. The Bertz CT molecular complexity index is 1370. The number of methoxy groups -OCH3 is 1. The molecule has 0 spiro atoms. The molecule has 180 valence electrons. The third kappa shape index (κ3) is 4.92. The molecule has 0 fully saturated rings. The summed E-state index contributed by atoms with van der Waals surface area (Å²) in [6.07, 6.45) is 1.69. The molecule has 0 unspecified atom stereocenters. The first-order valence-corrected chi connectivity index (χ1v) is 11.9. The second kappa shape index (κ2) is 10.5. The van der Waals surface area contributed by atoms with Crippen molar-refractivity contribution in [2.45, 2.75) is 27.7 Å². The SMILES string of the molecule is CCN(CC)c1ccc(-n2c(C)cc(/C=N\NC(=O)c3cc4ccccc4cc3OC)c2C)cc1. The molecule has 1 aromatic heterocycles. The standard InChI is InChI=1S/C29H32N4O2/c1-6-32(7-2)25-12-14-26(15-13-25)33-20(3)16-24(21(33)4)19-30-31-29(34)27-17-22-10-8-9-11-23(22)18-28(27)35-5/h8-19H,6-7H2,1-5H3,(H,31,34)/b30-19-. The number of carbonyl (C=O) groups is 1. The molecule has 3 aromatic carbocycles. The van der Waals surface area contributed by atoms with Gasteiger partial charge in [-0.15, -0.1) is 0 Å². The summed E-state index contributed by atoms with van der Waals surface area (Å²) in [7, 11) is 1.56. The van der Waals surface area contributed by atoms with Gasteiger partial charge in [-0.3, -0.25) is 4.79 Å². The summed E-state index contributed by atoms with van der Waals surface area (Å²) in [5.41, 5.74) is 8.51. The van der Waals surface area contributed by atoms with E-state index in [1.165, 1.54) is 5.69 Å². The summed E-state index contributed by atoms with van der Waals surface area (Å²) in [4.78, 5) is 15.2. The highest BCUT2D eigenvalue weighted by Gasteiger charge is 2.14. The molecule has 0 aliphatic heterocycles. The maximum Gasteiger partial charge on any atom is 0.275 e. The Morgan fingerprint density at radius 1 is 1.00 bits per heavy atom. The topological polar surface area (TPSA) is 58.9 Å². The normalized spacial score (nSPS) is 11.2. The first-order chi connectivity index (χ1) is 17.0. The van der Waals surface area contributed by atoms with Gasteiger partial charge >= 0.3 is 0 Å². The Hall–Kier alpha value is -4.06. The van der Waals surface area contributed by atoms with Crippen molar-refractivity contribution in [3.8, 4) is 11.4 Å². The van der Waals surface area contributed by atoms with Crippen molar-refractivity contribution in [2.24, 2.45) is 5.10 Å². The van der Waals surface area contributed by atoms with Crippen molar-refractivity contribution in [1.29, 1.82) is 0 Å². The molecule has 1 N–H and O–H groups in total. The summed E-state index contributed by atoms with van der Waals surface area (Å²) < 4.78 is 7.64. The van der Waals surface area contributed by atoms with Gasteiger partial charge in [-0.25, -0.2) is 5.43 Å². The van der Waals surface area contributed by atoms with Crippen LogP contribution in [0, 0.1) is 13.8 Å². The number of carbonyl (C=O) groups excluding carboxylic acids is 1. The van der Waals surface area contributed by atoms with Crippen LogP contribution >= 0.6 is 0 Å². The van der Waals surface area contributed by atoms with Gasteiger partial charge in [0.25, 0.3) is 5.91 Å². The average molecular weight is 469 g/mol. The largest absolute Gasteiger partial charge is 0.496 e. The minimum atomic E-state index is -0.315. The molecule has 6 nitrogen and oxygen atoms in total. The van der Waals surface area contributed by atoms with E-state index in [1.54, 1.807) is 13.3 Å². The molecule has 0 saturated carbocycles. The van der Waals surface area contributed by atoms with Gasteiger partial charge in [0.05, 0.1) is 18.9 Å². The van der Waals surface area contributed by atoms with Gasteiger partial charge in [-0.1, -0.05) is 24.3 Å². The minimum absolute atomic E-state index is 0.315. The summed E-state index contributed by atoms with van der Waals surface area (Å²) in [5, 5.41) is 6.23. The Morgan fingerprint density at radius 3 is 2.29 bits per heavy atom. The number of hydrogen-bond donors (Lipinski definition) is 1. The van der Waals surface area contributed by atoms with Crippen LogP contribution in [0.1, 0.15) is 41.2 Å². The van der Waals surface area contributed by atoms with Crippen molar-refractivity contribution in [3.63, 3.8) is 0 Å². The van der Waals surface area contributed by atoms with E-state index in [9.17, 15) is 4.79 Å². The lowest BCUT2D eigenvalue weighted by molar-refractivity contribution is 0.0952. The first-order valence-electron chi connectivity index (χ1n) is 11.9. The van der Waals surface area contributed by atoms with Crippen LogP contribution in [0.25, 0.3) is 16.5 Å². The van der Waals surface area contributed by atoms with Gasteiger partial charge in [0.1, 0.15) is 5.75 Å². The van der Waals surface area contributed by atoms with Crippen LogP contribution in [0.15, 0.2) is 71.8 Å². The van der Waals surface area contributed by atoms with Gasteiger partial charge < -0.3 is 14.2 Å². The summed E-state index contributed by atoms with van der Waals surface area (Å²) in [6, 6.07) is 22.2. The van der Waals surface area contributed by atoms with Crippen molar-refractivity contribution < 1.29 is 9.53 Å². The smallest absolute Gasteiger partial charge is 0.275 e. The van der Waals surface area contributed by atoms with Crippen molar-refractivity contribution in [2.75, 3.05) is 25.1 Å². The molecule has 0 aliphatic rings. The number of amides is 1. The van der Waals surface area contributed by atoms with Crippen LogP contribution in [0.2, 0.25) is 0 Å². The maximum absolute atomic E-state index is 12.9. The molecule has 0 radical (unpaired) electrons. The van der Waals surface area contributed by atoms with E-state index in [1.807, 2.05) is 36.4 Å². The second-order valence-corrected chi connectivity index (χ2v) is 8.45. The lowest BCUT2D eigenvalue weighted by Gasteiger charge is -2.21. The van der Waals surface area contributed by atoms with E-state index in [0.717, 1.165) is 46.5 Å². The first kappa shape index (κ1) is 24.1. The summed E-state index contributed by atoms with van der Waals surface area (Å²) in [5.74, 6) is 0.201. The maximum atomic E-state index is 12.9. The van der Waals surface area contributed by atoms with Gasteiger partial charge in [-0.2, -0.15) is 5.10 Å². The quantitative estimate of drug-likeness (QED) is 0.260.